The van der Waals surface area contributed by atoms with Crippen LogP contribution in [0.4, 0.5) is 13.2 Å². The van der Waals surface area contributed by atoms with Gasteiger partial charge in [0, 0.05) is 0 Å². The first kappa shape index (κ1) is 10.6. The van der Waals surface area contributed by atoms with Crippen LogP contribution in [0.15, 0.2) is 11.6 Å². The van der Waals surface area contributed by atoms with Gasteiger partial charge in [-0.2, -0.15) is 13.2 Å². The van der Waals surface area contributed by atoms with Crippen molar-refractivity contribution in [3.05, 3.63) is 11.6 Å². The third kappa shape index (κ3) is 4.93. The predicted molar refractivity (Wildman–Crippen MR) is 45.5 cm³/mol. The highest BCUT2D eigenvalue weighted by atomic mass is 19.4. The molecule has 1 N–H and O–H groups in total. The third-order valence-corrected chi connectivity index (χ3v) is 2.08. The summed E-state index contributed by atoms with van der Waals surface area (Å²) in [5, 5.41) is 2.39. The van der Waals surface area contributed by atoms with Gasteiger partial charge in [-0.3, -0.25) is 0 Å². The van der Waals surface area contributed by atoms with Crippen LogP contribution in [0.2, 0.25) is 0 Å². The number of halogens is 3. The molecule has 13 heavy (non-hydrogen) atoms. The lowest BCUT2D eigenvalue weighted by Gasteiger charge is -2.08. The van der Waals surface area contributed by atoms with E-state index in [-0.39, 0.29) is 0 Å². The molecule has 0 unspecified atom stereocenters. The topological polar surface area (TPSA) is 12.0 Å². The Morgan fingerprint density at radius 2 is 2.15 bits per heavy atom. The maximum Gasteiger partial charge on any atom is 0.401 e. The average molecular weight is 193 g/mol. The number of hydrogen-bond acceptors (Lipinski definition) is 1. The van der Waals surface area contributed by atoms with E-state index in [1.54, 1.807) is 0 Å². The van der Waals surface area contributed by atoms with Crippen LogP contribution in [0.3, 0.4) is 0 Å². The molecular formula is C9H14F3N. The van der Waals surface area contributed by atoms with E-state index in [1.807, 2.05) is 0 Å². The Kier molecular flexibility index (Phi) is 3.78. The van der Waals surface area contributed by atoms with Crippen LogP contribution < -0.4 is 5.32 Å². The van der Waals surface area contributed by atoms with E-state index in [0.29, 0.717) is 6.54 Å². The van der Waals surface area contributed by atoms with Crippen molar-refractivity contribution >= 4 is 0 Å². The smallest absolute Gasteiger partial charge is 0.308 e. The molecule has 1 nitrogen and oxygen atoms in total. The quantitative estimate of drug-likeness (QED) is 0.534. The van der Waals surface area contributed by atoms with Gasteiger partial charge in [0.15, 0.2) is 0 Å². The lowest BCUT2D eigenvalue weighted by atomic mass is 10.2. The maximum absolute atomic E-state index is 11.7. The van der Waals surface area contributed by atoms with E-state index in [1.165, 1.54) is 5.57 Å². The summed E-state index contributed by atoms with van der Waals surface area (Å²) >= 11 is 0. The molecule has 0 aromatic carbocycles. The van der Waals surface area contributed by atoms with Gasteiger partial charge in [-0.1, -0.05) is 11.6 Å². The summed E-state index contributed by atoms with van der Waals surface area (Å²) in [7, 11) is 0. The summed E-state index contributed by atoms with van der Waals surface area (Å²) in [4.78, 5) is 0. The molecule has 0 bridgehead atoms. The zero-order valence-corrected chi connectivity index (χ0v) is 7.45. The van der Waals surface area contributed by atoms with E-state index < -0.39 is 12.7 Å². The first-order valence-electron chi connectivity index (χ1n) is 4.53. The highest BCUT2D eigenvalue weighted by molar-refractivity contribution is 5.07. The summed E-state index contributed by atoms with van der Waals surface area (Å²) in [6.07, 6.45) is 2.13. The monoisotopic (exact) mass is 193 g/mol. The molecule has 0 saturated heterocycles. The van der Waals surface area contributed by atoms with Gasteiger partial charge < -0.3 is 5.32 Å². The largest absolute Gasteiger partial charge is 0.401 e. The van der Waals surface area contributed by atoms with Crippen molar-refractivity contribution in [3.63, 3.8) is 0 Å². The van der Waals surface area contributed by atoms with Gasteiger partial charge in [0.2, 0.25) is 0 Å². The van der Waals surface area contributed by atoms with E-state index in [2.05, 4.69) is 11.4 Å². The van der Waals surface area contributed by atoms with Gasteiger partial charge in [-0.05, 0) is 32.2 Å². The molecule has 0 aromatic rings. The highest BCUT2D eigenvalue weighted by Crippen LogP contribution is 2.20. The molecule has 0 radical (unpaired) electrons. The van der Waals surface area contributed by atoms with Crippen LogP contribution in [-0.4, -0.2) is 19.3 Å². The van der Waals surface area contributed by atoms with Crippen LogP contribution in [0, 0.1) is 0 Å². The lowest BCUT2D eigenvalue weighted by molar-refractivity contribution is -0.124. The Bertz CT molecular complexity index is 184. The molecule has 0 heterocycles. The molecule has 0 saturated carbocycles. The van der Waals surface area contributed by atoms with Crippen molar-refractivity contribution in [1.82, 2.24) is 5.32 Å². The first-order valence-corrected chi connectivity index (χ1v) is 4.53. The lowest BCUT2D eigenvalue weighted by Crippen LogP contribution is -2.29. The van der Waals surface area contributed by atoms with Crippen molar-refractivity contribution in [1.29, 1.82) is 0 Å². The minimum atomic E-state index is -4.08. The fourth-order valence-corrected chi connectivity index (χ4v) is 1.44. The number of nitrogens with one attached hydrogen (secondary N) is 1. The molecule has 0 aromatic heterocycles. The van der Waals surface area contributed by atoms with E-state index >= 15 is 0 Å². The molecule has 0 aliphatic heterocycles. The zero-order chi connectivity index (χ0) is 9.73. The fraction of sp³-hybridized carbons (Fsp3) is 0.778. The van der Waals surface area contributed by atoms with Crippen molar-refractivity contribution in [2.24, 2.45) is 0 Å². The summed E-state index contributed by atoms with van der Waals surface area (Å²) in [6.45, 7) is -0.439. The molecule has 1 rings (SSSR count). The summed E-state index contributed by atoms with van der Waals surface area (Å²) in [5.74, 6) is 0. The van der Waals surface area contributed by atoms with Crippen molar-refractivity contribution in [2.75, 3.05) is 13.1 Å². The van der Waals surface area contributed by atoms with Crippen LogP contribution in [0.1, 0.15) is 25.7 Å². The summed E-state index contributed by atoms with van der Waals surface area (Å²) in [6, 6.07) is 0. The van der Waals surface area contributed by atoms with E-state index in [4.69, 9.17) is 0 Å². The van der Waals surface area contributed by atoms with Crippen molar-refractivity contribution < 1.29 is 13.2 Å². The van der Waals surface area contributed by atoms with Crippen LogP contribution in [0.25, 0.3) is 0 Å². The molecule has 1 aliphatic carbocycles. The number of hydrogen-bond donors (Lipinski definition) is 1. The minimum absolute atomic E-state index is 0.436. The van der Waals surface area contributed by atoms with Crippen molar-refractivity contribution in [3.8, 4) is 0 Å². The number of rotatable bonds is 4. The molecule has 4 heteroatoms. The van der Waals surface area contributed by atoms with Gasteiger partial charge in [-0.25, -0.2) is 0 Å². The maximum atomic E-state index is 11.7. The molecule has 76 valence electrons. The molecule has 0 atom stereocenters. The van der Waals surface area contributed by atoms with Gasteiger partial charge in [0.05, 0.1) is 6.54 Å². The fourth-order valence-electron chi connectivity index (χ4n) is 1.44. The van der Waals surface area contributed by atoms with Gasteiger partial charge in [-0.15, -0.1) is 0 Å². The van der Waals surface area contributed by atoms with E-state index in [0.717, 1.165) is 25.7 Å². The molecular weight excluding hydrogens is 179 g/mol. The van der Waals surface area contributed by atoms with Crippen LogP contribution in [-0.2, 0) is 0 Å². The SMILES string of the molecule is FC(F)(F)CNCCC1=CCCC1. The Balaban J connectivity index is 2.01. The Morgan fingerprint density at radius 3 is 2.69 bits per heavy atom. The zero-order valence-electron chi connectivity index (χ0n) is 7.45. The van der Waals surface area contributed by atoms with E-state index in [9.17, 15) is 13.2 Å². The summed E-state index contributed by atoms with van der Waals surface area (Å²) in [5.41, 5.74) is 1.30. The van der Waals surface area contributed by atoms with Crippen LogP contribution >= 0.6 is 0 Å². The normalized spacial score (nSPS) is 17.6. The summed E-state index contributed by atoms with van der Waals surface area (Å²) < 4.78 is 35.0. The Hall–Kier alpha value is -0.510. The predicted octanol–water partition coefficient (Wildman–Crippen LogP) is 2.64. The second-order valence-electron chi connectivity index (χ2n) is 3.30. The number of allylic oxidation sites excluding steroid dienone is 1. The average Bonchev–Trinajstić information content (AvgIpc) is 2.48. The Labute approximate surface area is 76.0 Å². The third-order valence-electron chi connectivity index (χ3n) is 2.08. The second-order valence-corrected chi connectivity index (χ2v) is 3.30. The Morgan fingerprint density at radius 1 is 1.38 bits per heavy atom. The minimum Gasteiger partial charge on any atom is -0.308 e. The molecule has 0 fully saturated rings. The van der Waals surface area contributed by atoms with Gasteiger partial charge >= 0.3 is 6.18 Å². The van der Waals surface area contributed by atoms with Crippen LogP contribution in [0.5, 0.6) is 0 Å². The highest BCUT2D eigenvalue weighted by Gasteiger charge is 2.25. The van der Waals surface area contributed by atoms with Crippen molar-refractivity contribution in [2.45, 2.75) is 31.9 Å². The van der Waals surface area contributed by atoms with Gasteiger partial charge in [0.1, 0.15) is 0 Å². The molecule has 0 amide bonds. The molecule has 1 aliphatic rings. The van der Waals surface area contributed by atoms with Gasteiger partial charge in [0.25, 0.3) is 0 Å². The number of alkyl halides is 3. The first-order chi connectivity index (χ1) is 6.08. The second kappa shape index (κ2) is 4.65. The standard InChI is InChI=1S/C9H14F3N/c10-9(11,12)7-13-6-5-8-3-1-2-4-8/h3,13H,1-2,4-7H2. The molecule has 0 spiro atoms.